The number of ether oxygens (including phenoxy) is 1. The first-order valence-corrected chi connectivity index (χ1v) is 7.20. The van der Waals surface area contributed by atoms with Crippen LogP contribution in [0.15, 0.2) is 24.3 Å². The van der Waals surface area contributed by atoms with Gasteiger partial charge in [-0.25, -0.2) is 4.79 Å². The lowest BCUT2D eigenvalue weighted by molar-refractivity contribution is 0.112. The molecule has 0 bridgehead atoms. The standard InChI is InChI=1S/C15H23NO2.C2H6/c1-15(2,3)10-12-6-8-13(9-7-12)11-18-14(17)16(4)5;1-2/h6-9H,10-11H2,1-5H3;1-2H3. The fourth-order valence-electron chi connectivity index (χ4n) is 1.64. The Kier molecular flexibility index (Phi) is 7.97. The number of nitrogens with zero attached hydrogens (tertiary/aromatic N) is 1. The van der Waals surface area contributed by atoms with Gasteiger partial charge in [0, 0.05) is 14.1 Å². The van der Waals surface area contributed by atoms with E-state index in [1.807, 2.05) is 26.0 Å². The van der Waals surface area contributed by atoms with Gasteiger partial charge in [0.2, 0.25) is 0 Å². The minimum absolute atomic E-state index is 0.291. The number of hydrogen-bond acceptors (Lipinski definition) is 2. The Hall–Kier alpha value is -1.51. The Morgan fingerprint density at radius 1 is 1.05 bits per heavy atom. The monoisotopic (exact) mass is 279 g/mol. The number of carbonyl (C=O) groups excluding carboxylic acids is 1. The molecule has 0 fully saturated rings. The van der Waals surface area contributed by atoms with E-state index in [4.69, 9.17) is 4.74 Å². The lowest BCUT2D eigenvalue weighted by atomic mass is 9.88. The Morgan fingerprint density at radius 3 is 1.90 bits per heavy atom. The average molecular weight is 279 g/mol. The summed E-state index contributed by atoms with van der Waals surface area (Å²) in [5, 5.41) is 0. The highest BCUT2D eigenvalue weighted by molar-refractivity contribution is 5.66. The topological polar surface area (TPSA) is 29.5 Å². The summed E-state index contributed by atoms with van der Waals surface area (Å²) in [5.41, 5.74) is 2.62. The van der Waals surface area contributed by atoms with Crippen LogP contribution in [-0.2, 0) is 17.8 Å². The molecule has 20 heavy (non-hydrogen) atoms. The van der Waals surface area contributed by atoms with Crippen molar-refractivity contribution in [3.63, 3.8) is 0 Å². The second-order valence-corrected chi connectivity index (χ2v) is 6.00. The quantitative estimate of drug-likeness (QED) is 0.815. The number of amides is 1. The van der Waals surface area contributed by atoms with Crippen molar-refractivity contribution < 1.29 is 9.53 Å². The van der Waals surface area contributed by atoms with Crippen LogP contribution in [-0.4, -0.2) is 25.1 Å². The van der Waals surface area contributed by atoms with Crippen molar-refractivity contribution in [2.45, 2.75) is 47.6 Å². The zero-order chi connectivity index (χ0) is 15.8. The van der Waals surface area contributed by atoms with Crippen LogP contribution in [0.4, 0.5) is 4.79 Å². The lowest BCUT2D eigenvalue weighted by Gasteiger charge is -2.18. The van der Waals surface area contributed by atoms with Gasteiger partial charge in [-0.3, -0.25) is 0 Å². The van der Waals surface area contributed by atoms with Gasteiger partial charge in [-0.15, -0.1) is 0 Å². The first-order valence-electron chi connectivity index (χ1n) is 7.20. The van der Waals surface area contributed by atoms with E-state index in [9.17, 15) is 4.79 Å². The van der Waals surface area contributed by atoms with Gasteiger partial charge in [-0.2, -0.15) is 0 Å². The third-order valence-corrected chi connectivity index (χ3v) is 2.48. The van der Waals surface area contributed by atoms with Crippen molar-refractivity contribution in [1.82, 2.24) is 4.90 Å². The Labute approximate surface area is 123 Å². The fraction of sp³-hybridized carbons (Fsp3) is 0.588. The highest BCUT2D eigenvalue weighted by Crippen LogP contribution is 2.20. The van der Waals surface area contributed by atoms with Crippen LogP contribution in [0.1, 0.15) is 45.7 Å². The van der Waals surface area contributed by atoms with Gasteiger partial charge >= 0.3 is 6.09 Å². The maximum absolute atomic E-state index is 11.3. The van der Waals surface area contributed by atoms with Crippen LogP contribution in [0.2, 0.25) is 0 Å². The van der Waals surface area contributed by atoms with Crippen LogP contribution >= 0.6 is 0 Å². The third kappa shape index (κ3) is 7.82. The molecule has 114 valence electrons. The zero-order valence-corrected chi connectivity index (χ0v) is 14.0. The summed E-state index contributed by atoms with van der Waals surface area (Å²) in [6, 6.07) is 8.24. The van der Waals surface area contributed by atoms with Crippen molar-refractivity contribution in [3.8, 4) is 0 Å². The highest BCUT2D eigenvalue weighted by Gasteiger charge is 2.11. The summed E-state index contributed by atoms with van der Waals surface area (Å²) in [6.07, 6.45) is 0.735. The summed E-state index contributed by atoms with van der Waals surface area (Å²) in [5.74, 6) is 0. The molecule has 0 atom stereocenters. The molecule has 0 heterocycles. The molecule has 1 rings (SSSR count). The predicted molar refractivity (Wildman–Crippen MR) is 84.8 cm³/mol. The normalized spacial score (nSPS) is 10.3. The maximum atomic E-state index is 11.3. The van der Waals surface area contributed by atoms with Gasteiger partial charge in [-0.1, -0.05) is 58.9 Å². The van der Waals surface area contributed by atoms with E-state index in [1.54, 1.807) is 14.1 Å². The molecule has 0 N–H and O–H groups in total. The number of rotatable bonds is 3. The molecule has 0 aliphatic rings. The van der Waals surface area contributed by atoms with E-state index in [0.29, 0.717) is 12.0 Å². The summed E-state index contributed by atoms with van der Waals surface area (Å²) in [6.45, 7) is 11.0. The van der Waals surface area contributed by atoms with E-state index in [2.05, 4.69) is 32.9 Å². The Morgan fingerprint density at radius 2 is 1.50 bits per heavy atom. The molecule has 0 spiro atoms. The molecular formula is C17H29NO2. The van der Waals surface area contributed by atoms with Gasteiger partial charge in [0.15, 0.2) is 0 Å². The summed E-state index contributed by atoms with van der Waals surface area (Å²) in [4.78, 5) is 12.7. The number of hydrogen-bond donors (Lipinski definition) is 0. The molecule has 1 aromatic rings. The molecule has 0 aliphatic carbocycles. The molecule has 0 saturated carbocycles. The summed E-state index contributed by atoms with van der Waals surface area (Å²) >= 11 is 0. The van der Waals surface area contributed by atoms with Gasteiger partial charge in [0.1, 0.15) is 6.61 Å². The first-order chi connectivity index (χ1) is 9.28. The van der Waals surface area contributed by atoms with Crippen LogP contribution in [0.3, 0.4) is 0 Å². The average Bonchev–Trinajstić information content (AvgIpc) is 2.38. The highest BCUT2D eigenvalue weighted by atomic mass is 16.6. The first kappa shape index (κ1) is 18.5. The molecule has 0 aliphatic heterocycles. The van der Waals surface area contributed by atoms with Crippen LogP contribution < -0.4 is 0 Å². The molecular weight excluding hydrogens is 250 g/mol. The molecule has 0 unspecified atom stereocenters. The summed E-state index contributed by atoms with van der Waals surface area (Å²) in [7, 11) is 3.35. The zero-order valence-electron chi connectivity index (χ0n) is 14.0. The Balaban J connectivity index is 0.00000172. The van der Waals surface area contributed by atoms with Crippen molar-refractivity contribution in [2.24, 2.45) is 5.41 Å². The molecule has 0 aromatic heterocycles. The van der Waals surface area contributed by atoms with Gasteiger partial charge in [0.05, 0.1) is 0 Å². The Bertz CT molecular complexity index is 388. The van der Waals surface area contributed by atoms with E-state index in [0.717, 1.165) is 12.0 Å². The van der Waals surface area contributed by atoms with Crippen molar-refractivity contribution in [1.29, 1.82) is 0 Å². The maximum Gasteiger partial charge on any atom is 0.409 e. The predicted octanol–water partition coefficient (Wildman–Crippen LogP) is 4.50. The van der Waals surface area contributed by atoms with Crippen LogP contribution in [0, 0.1) is 5.41 Å². The minimum Gasteiger partial charge on any atom is -0.445 e. The molecule has 3 heteroatoms. The van der Waals surface area contributed by atoms with E-state index < -0.39 is 0 Å². The van der Waals surface area contributed by atoms with E-state index in [-0.39, 0.29) is 6.09 Å². The van der Waals surface area contributed by atoms with Gasteiger partial charge in [-0.05, 0) is 23.0 Å². The van der Waals surface area contributed by atoms with Crippen molar-refractivity contribution in [2.75, 3.05) is 14.1 Å². The van der Waals surface area contributed by atoms with Gasteiger partial charge < -0.3 is 9.64 Å². The van der Waals surface area contributed by atoms with E-state index in [1.165, 1.54) is 10.5 Å². The van der Waals surface area contributed by atoms with Crippen molar-refractivity contribution >= 4 is 6.09 Å². The largest absolute Gasteiger partial charge is 0.445 e. The molecule has 3 nitrogen and oxygen atoms in total. The van der Waals surface area contributed by atoms with Crippen LogP contribution in [0.5, 0.6) is 0 Å². The van der Waals surface area contributed by atoms with Crippen LogP contribution in [0.25, 0.3) is 0 Å². The number of carbonyl (C=O) groups is 1. The molecule has 1 amide bonds. The number of benzene rings is 1. The smallest absolute Gasteiger partial charge is 0.409 e. The lowest BCUT2D eigenvalue weighted by Crippen LogP contribution is -2.22. The molecule has 0 radical (unpaired) electrons. The SMILES string of the molecule is CC.CN(C)C(=O)OCc1ccc(CC(C)(C)C)cc1. The summed E-state index contributed by atoms with van der Waals surface area (Å²) < 4.78 is 5.12. The van der Waals surface area contributed by atoms with E-state index >= 15 is 0 Å². The third-order valence-electron chi connectivity index (χ3n) is 2.48. The molecule has 1 aromatic carbocycles. The fourth-order valence-corrected chi connectivity index (χ4v) is 1.64. The second kappa shape index (κ2) is 8.62. The second-order valence-electron chi connectivity index (χ2n) is 6.00. The van der Waals surface area contributed by atoms with Gasteiger partial charge in [0.25, 0.3) is 0 Å². The molecule has 0 saturated heterocycles. The van der Waals surface area contributed by atoms with Crippen molar-refractivity contribution in [3.05, 3.63) is 35.4 Å². The minimum atomic E-state index is -0.311.